The van der Waals surface area contributed by atoms with Gasteiger partial charge in [0.25, 0.3) is 5.91 Å². The molecule has 1 N–H and O–H groups in total. The first-order valence-corrected chi connectivity index (χ1v) is 10.8. The smallest absolute Gasteiger partial charge is 0.265 e. The van der Waals surface area contributed by atoms with Crippen molar-refractivity contribution in [3.05, 3.63) is 89.5 Å². The topological polar surface area (TPSA) is 67.9 Å². The van der Waals surface area contributed by atoms with E-state index in [0.29, 0.717) is 30.3 Å². The highest BCUT2D eigenvalue weighted by Gasteiger charge is 2.26. The Labute approximate surface area is 193 Å². The summed E-state index contributed by atoms with van der Waals surface area (Å²) >= 11 is 0. The molecule has 0 unspecified atom stereocenters. The summed E-state index contributed by atoms with van der Waals surface area (Å²) in [4.78, 5) is 26.5. The second kappa shape index (κ2) is 10.0. The molecule has 0 aliphatic carbocycles. The van der Waals surface area contributed by atoms with Gasteiger partial charge in [0.05, 0.1) is 12.2 Å². The number of rotatable bonds is 7. The molecule has 0 saturated heterocycles. The number of hydrogen-bond acceptors (Lipinski definition) is 4. The number of anilines is 2. The number of nitrogens with zero attached hydrogens (tertiary/aromatic N) is 1. The minimum Gasteiger partial charge on any atom is -0.492 e. The van der Waals surface area contributed by atoms with Gasteiger partial charge in [0.15, 0.2) is 6.61 Å². The van der Waals surface area contributed by atoms with Crippen molar-refractivity contribution in [2.75, 3.05) is 30.0 Å². The van der Waals surface area contributed by atoms with Crippen LogP contribution in [-0.4, -0.2) is 31.6 Å². The molecule has 168 valence electrons. The van der Waals surface area contributed by atoms with Crippen molar-refractivity contribution in [2.45, 2.75) is 13.8 Å². The van der Waals surface area contributed by atoms with Crippen LogP contribution in [0.1, 0.15) is 16.7 Å². The normalized spacial score (nSPS) is 12.9. The standard InChI is InChI=1S/C27H26N2O4/c1-19-6-8-21(9-7-19)10-13-26(30)28-22-11-12-25-24(17-22)29(27(31)18-33-25)14-15-32-23-5-3-4-20(2)16-23/h3-13,16-17H,14-15,18H2,1-2H3,(H,28,30)/b13-10+. The average Bonchev–Trinajstić information content (AvgIpc) is 2.80. The first-order valence-electron chi connectivity index (χ1n) is 10.8. The molecule has 4 rings (SSSR count). The lowest BCUT2D eigenvalue weighted by atomic mass is 10.1. The number of amides is 2. The van der Waals surface area contributed by atoms with Crippen molar-refractivity contribution in [3.63, 3.8) is 0 Å². The molecule has 3 aromatic rings. The molecule has 1 aliphatic heterocycles. The maximum atomic E-state index is 12.5. The van der Waals surface area contributed by atoms with Crippen molar-refractivity contribution in [3.8, 4) is 11.5 Å². The van der Waals surface area contributed by atoms with E-state index in [9.17, 15) is 9.59 Å². The highest BCUT2D eigenvalue weighted by atomic mass is 16.5. The van der Waals surface area contributed by atoms with Gasteiger partial charge in [-0.25, -0.2) is 0 Å². The Balaban J connectivity index is 1.42. The van der Waals surface area contributed by atoms with E-state index in [-0.39, 0.29) is 18.4 Å². The zero-order chi connectivity index (χ0) is 23.2. The SMILES string of the molecule is Cc1ccc(/C=C/C(=O)Nc2ccc3c(c2)N(CCOc2cccc(C)c2)C(=O)CO3)cc1. The third kappa shape index (κ3) is 5.80. The van der Waals surface area contributed by atoms with E-state index >= 15 is 0 Å². The van der Waals surface area contributed by atoms with Crippen LogP contribution in [0.4, 0.5) is 11.4 Å². The molecule has 1 aliphatic rings. The van der Waals surface area contributed by atoms with Gasteiger partial charge in [-0.3, -0.25) is 9.59 Å². The average molecular weight is 443 g/mol. The minimum absolute atomic E-state index is 0.0254. The Bertz CT molecular complexity index is 1180. The quantitative estimate of drug-likeness (QED) is 0.536. The monoisotopic (exact) mass is 442 g/mol. The van der Waals surface area contributed by atoms with E-state index < -0.39 is 0 Å². The summed E-state index contributed by atoms with van der Waals surface area (Å²) in [5, 5.41) is 2.85. The molecule has 0 atom stereocenters. The van der Waals surface area contributed by atoms with E-state index in [1.54, 1.807) is 29.2 Å². The van der Waals surface area contributed by atoms with Crippen LogP contribution in [0.3, 0.4) is 0 Å². The van der Waals surface area contributed by atoms with Crippen LogP contribution in [0.15, 0.2) is 72.8 Å². The van der Waals surface area contributed by atoms with Gasteiger partial charge in [0.2, 0.25) is 5.91 Å². The van der Waals surface area contributed by atoms with Crippen molar-refractivity contribution in [1.82, 2.24) is 0 Å². The number of benzene rings is 3. The number of nitrogens with one attached hydrogen (secondary N) is 1. The predicted octanol–water partition coefficient (Wildman–Crippen LogP) is 4.76. The van der Waals surface area contributed by atoms with Gasteiger partial charge in [-0.05, 0) is 61.4 Å². The molecule has 0 aromatic heterocycles. The molecule has 6 heteroatoms. The molecule has 1 heterocycles. The fourth-order valence-corrected chi connectivity index (χ4v) is 3.52. The lowest BCUT2D eigenvalue weighted by Crippen LogP contribution is -2.41. The second-order valence-corrected chi connectivity index (χ2v) is 7.91. The van der Waals surface area contributed by atoms with Gasteiger partial charge in [0, 0.05) is 11.8 Å². The van der Waals surface area contributed by atoms with Crippen molar-refractivity contribution in [1.29, 1.82) is 0 Å². The Morgan fingerprint density at radius 1 is 1.06 bits per heavy atom. The molecule has 6 nitrogen and oxygen atoms in total. The van der Waals surface area contributed by atoms with Crippen molar-refractivity contribution >= 4 is 29.3 Å². The highest BCUT2D eigenvalue weighted by molar-refractivity contribution is 6.03. The summed E-state index contributed by atoms with van der Waals surface area (Å²) in [5.41, 5.74) is 4.41. The first-order chi connectivity index (χ1) is 16.0. The van der Waals surface area contributed by atoms with E-state index in [0.717, 1.165) is 22.4 Å². The fourth-order valence-electron chi connectivity index (χ4n) is 3.52. The van der Waals surface area contributed by atoms with E-state index in [2.05, 4.69) is 5.32 Å². The van der Waals surface area contributed by atoms with Gasteiger partial charge < -0.3 is 19.7 Å². The van der Waals surface area contributed by atoms with Crippen LogP contribution in [-0.2, 0) is 9.59 Å². The molecule has 2 amide bonds. The van der Waals surface area contributed by atoms with Gasteiger partial charge in [-0.1, -0.05) is 42.0 Å². The zero-order valence-corrected chi connectivity index (χ0v) is 18.7. The highest BCUT2D eigenvalue weighted by Crippen LogP contribution is 2.34. The van der Waals surface area contributed by atoms with Gasteiger partial charge in [0.1, 0.15) is 18.1 Å². The van der Waals surface area contributed by atoms with E-state index in [1.807, 2.05) is 62.4 Å². The van der Waals surface area contributed by atoms with E-state index in [1.165, 1.54) is 6.08 Å². The molecule has 3 aromatic carbocycles. The number of ether oxygens (including phenoxy) is 2. The minimum atomic E-state index is -0.257. The second-order valence-electron chi connectivity index (χ2n) is 7.91. The fraction of sp³-hybridized carbons (Fsp3) is 0.185. The van der Waals surface area contributed by atoms with Gasteiger partial charge in [-0.15, -0.1) is 0 Å². The third-order valence-corrected chi connectivity index (χ3v) is 5.25. The molecule has 0 fully saturated rings. The van der Waals surface area contributed by atoms with Gasteiger partial charge in [-0.2, -0.15) is 0 Å². The molecule has 0 spiro atoms. The van der Waals surface area contributed by atoms with Crippen LogP contribution in [0, 0.1) is 13.8 Å². The van der Waals surface area contributed by atoms with Crippen LogP contribution in [0.25, 0.3) is 6.08 Å². The Kier molecular flexibility index (Phi) is 6.74. The third-order valence-electron chi connectivity index (χ3n) is 5.25. The molecule has 33 heavy (non-hydrogen) atoms. The van der Waals surface area contributed by atoms with Crippen molar-refractivity contribution in [2.24, 2.45) is 0 Å². The Morgan fingerprint density at radius 3 is 2.67 bits per heavy atom. The number of hydrogen-bond donors (Lipinski definition) is 1. The lowest BCUT2D eigenvalue weighted by Gasteiger charge is -2.29. The molecule has 0 radical (unpaired) electrons. The number of carbonyl (C=O) groups excluding carboxylic acids is 2. The summed E-state index contributed by atoms with van der Waals surface area (Å²) in [7, 11) is 0. The van der Waals surface area contributed by atoms with Gasteiger partial charge >= 0.3 is 0 Å². The van der Waals surface area contributed by atoms with Crippen LogP contribution >= 0.6 is 0 Å². The molecular weight excluding hydrogens is 416 g/mol. The van der Waals surface area contributed by atoms with Crippen molar-refractivity contribution < 1.29 is 19.1 Å². The van der Waals surface area contributed by atoms with Crippen LogP contribution < -0.4 is 19.7 Å². The largest absolute Gasteiger partial charge is 0.492 e. The Hall–Kier alpha value is -4.06. The molecule has 0 saturated carbocycles. The summed E-state index contributed by atoms with van der Waals surface area (Å²) in [6, 6.07) is 20.9. The summed E-state index contributed by atoms with van der Waals surface area (Å²) in [5.74, 6) is 0.946. The summed E-state index contributed by atoms with van der Waals surface area (Å²) in [6.07, 6.45) is 3.24. The number of fused-ring (bicyclic) bond motifs is 1. The summed E-state index contributed by atoms with van der Waals surface area (Å²) < 4.78 is 11.4. The molecule has 0 bridgehead atoms. The first kappa shape index (κ1) is 22.1. The number of carbonyl (C=O) groups is 2. The van der Waals surface area contributed by atoms with Crippen LogP contribution in [0.5, 0.6) is 11.5 Å². The summed E-state index contributed by atoms with van der Waals surface area (Å²) in [6.45, 7) is 4.70. The maximum Gasteiger partial charge on any atom is 0.265 e. The molecular formula is C27H26N2O4. The predicted molar refractivity (Wildman–Crippen MR) is 130 cm³/mol. The van der Waals surface area contributed by atoms with Crippen LogP contribution in [0.2, 0.25) is 0 Å². The lowest BCUT2D eigenvalue weighted by molar-refractivity contribution is -0.121. The zero-order valence-electron chi connectivity index (χ0n) is 18.7. The maximum absolute atomic E-state index is 12.5. The van der Waals surface area contributed by atoms with E-state index in [4.69, 9.17) is 9.47 Å². The number of aryl methyl sites for hydroxylation is 2. The Morgan fingerprint density at radius 2 is 1.88 bits per heavy atom.